The van der Waals surface area contributed by atoms with E-state index < -0.39 is 0 Å². The van der Waals surface area contributed by atoms with E-state index in [0.29, 0.717) is 28.8 Å². The van der Waals surface area contributed by atoms with Crippen LogP contribution < -0.4 is 5.56 Å². The summed E-state index contributed by atoms with van der Waals surface area (Å²) in [7, 11) is 0. The average Bonchev–Trinajstić information content (AvgIpc) is 3.71. The second kappa shape index (κ2) is 10.1. The van der Waals surface area contributed by atoms with Gasteiger partial charge in [0.25, 0.3) is 5.56 Å². The Labute approximate surface area is 273 Å². The number of rotatable bonds is 4. The molecule has 0 aliphatic heterocycles. The van der Waals surface area contributed by atoms with Crippen LogP contribution in [0.5, 0.6) is 0 Å². The van der Waals surface area contributed by atoms with Crippen LogP contribution in [0.4, 0.5) is 0 Å². The molecule has 0 aliphatic carbocycles. The van der Waals surface area contributed by atoms with Crippen LogP contribution in [0.15, 0.2) is 150 Å². The van der Waals surface area contributed by atoms with Crippen molar-refractivity contribution in [1.82, 2.24) is 28.9 Å². The molecule has 7 nitrogen and oxygen atoms in total. The van der Waals surface area contributed by atoms with E-state index in [-0.39, 0.29) is 5.56 Å². The molecule has 4 heterocycles. The summed E-state index contributed by atoms with van der Waals surface area (Å²) < 4.78 is 3.91. The fourth-order valence-electron chi connectivity index (χ4n) is 7.03. The SMILES string of the molecule is O=c1c2ccccc2c2c3c(cc4nc(-c5ccccc5)n1c42)c1ccccc1n3-c1nc(-c2ccccc2)nc(-c2ccccc2)n1. The molecule has 0 amide bonds. The molecule has 48 heavy (non-hydrogen) atoms. The number of aromatic nitrogens is 6. The lowest BCUT2D eigenvalue weighted by atomic mass is 10.0. The molecule has 7 heteroatoms. The van der Waals surface area contributed by atoms with Crippen molar-refractivity contribution in [2.24, 2.45) is 0 Å². The molecule has 0 unspecified atom stereocenters. The highest BCUT2D eigenvalue weighted by Gasteiger charge is 2.26. The molecule has 0 saturated heterocycles. The molecule has 0 spiro atoms. The summed E-state index contributed by atoms with van der Waals surface area (Å²) in [6.07, 6.45) is 0. The zero-order chi connectivity index (χ0) is 31.8. The van der Waals surface area contributed by atoms with Crippen molar-refractivity contribution >= 4 is 49.0 Å². The molecular formula is C41H24N6O. The van der Waals surface area contributed by atoms with Crippen LogP contribution in [-0.4, -0.2) is 28.9 Å². The Morgan fingerprint density at radius 1 is 0.458 bits per heavy atom. The monoisotopic (exact) mass is 616 g/mol. The zero-order valence-corrected chi connectivity index (χ0v) is 25.4. The lowest BCUT2D eigenvalue weighted by molar-refractivity contribution is 0.955. The maximum atomic E-state index is 14.3. The highest BCUT2D eigenvalue weighted by molar-refractivity contribution is 6.28. The van der Waals surface area contributed by atoms with Crippen molar-refractivity contribution in [3.8, 4) is 40.1 Å². The lowest BCUT2D eigenvalue weighted by Gasteiger charge is -2.13. The molecular weight excluding hydrogens is 592 g/mol. The molecule has 0 fully saturated rings. The van der Waals surface area contributed by atoms with Gasteiger partial charge in [0.05, 0.1) is 22.1 Å². The Bertz CT molecular complexity index is 2840. The van der Waals surface area contributed by atoms with Gasteiger partial charge >= 0.3 is 0 Å². The first-order valence-electron chi connectivity index (χ1n) is 15.8. The van der Waals surface area contributed by atoms with Gasteiger partial charge in [0.15, 0.2) is 11.6 Å². The Kier molecular flexibility index (Phi) is 5.59. The lowest BCUT2D eigenvalue weighted by Crippen LogP contribution is -2.14. The number of imidazole rings is 1. The Hall–Kier alpha value is -6.73. The summed E-state index contributed by atoms with van der Waals surface area (Å²) in [5.41, 5.74) is 5.95. The minimum atomic E-state index is -0.0978. The normalized spacial score (nSPS) is 11.8. The highest BCUT2D eigenvalue weighted by atomic mass is 16.1. The van der Waals surface area contributed by atoms with Crippen LogP contribution in [0.1, 0.15) is 0 Å². The van der Waals surface area contributed by atoms with Gasteiger partial charge in [-0.2, -0.15) is 9.97 Å². The average molecular weight is 617 g/mol. The van der Waals surface area contributed by atoms with Crippen molar-refractivity contribution in [3.05, 3.63) is 156 Å². The van der Waals surface area contributed by atoms with Gasteiger partial charge in [-0.3, -0.25) is 13.8 Å². The first-order valence-corrected chi connectivity index (χ1v) is 15.8. The van der Waals surface area contributed by atoms with Gasteiger partial charge in [0.2, 0.25) is 5.95 Å². The maximum Gasteiger partial charge on any atom is 0.264 e. The number of hydrogen-bond acceptors (Lipinski definition) is 5. The molecule has 10 rings (SSSR count). The first-order chi connectivity index (χ1) is 23.7. The van der Waals surface area contributed by atoms with Gasteiger partial charge in [-0.15, -0.1) is 0 Å². The van der Waals surface area contributed by atoms with E-state index in [2.05, 4.69) is 22.8 Å². The largest absolute Gasteiger partial charge is 0.277 e. The standard InChI is InChI=1S/C41H24N6O/c48-40-30-22-11-10-21-29(30)34-35-31(24-32-36(34)47(40)39(42-32)27-18-8-3-9-19-27)28-20-12-13-23-33(28)46(35)41-44-37(25-14-4-1-5-15-25)43-38(45-41)26-16-6-2-7-17-26/h1-24H. The van der Waals surface area contributed by atoms with Crippen molar-refractivity contribution in [2.75, 3.05) is 0 Å². The van der Waals surface area contributed by atoms with E-state index in [9.17, 15) is 4.79 Å². The minimum absolute atomic E-state index is 0.0978. The third kappa shape index (κ3) is 3.78. The van der Waals surface area contributed by atoms with Crippen LogP contribution in [-0.2, 0) is 0 Å². The third-order valence-electron chi connectivity index (χ3n) is 9.12. The van der Waals surface area contributed by atoms with Crippen molar-refractivity contribution in [3.63, 3.8) is 0 Å². The number of nitrogens with zero attached hydrogens (tertiary/aromatic N) is 6. The summed E-state index contributed by atoms with van der Waals surface area (Å²) in [4.78, 5) is 34.7. The van der Waals surface area contributed by atoms with Gasteiger partial charge < -0.3 is 0 Å². The van der Waals surface area contributed by atoms with Crippen LogP contribution in [0.3, 0.4) is 0 Å². The summed E-state index contributed by atoms with van der Waals surface area (Å²) in [6, 6.07) is 48.1. The van der Waals surface area contributed by atoms with Crippen LogP contribution >= 0.6 is 0 Å². The van der Waals surface area contributed by atoms with Gasteiger partial charge in [-0.05, 0) is 23.6 Å². The smallest absolute Gasteiger partial charge is 0.264 e. The zero-order valence-electron chi connectivity index (χ0n) is 25.4. The van der Waals surface area contributed by atoms with Gasteiger partial charge in [-0.1, -0.05) is 127 Å². The van der Waals surface area contributed by atoms with Crippen LogP contribution in [0.25, 0.3) is 89.1 Å². The number of benzene rings is 6. The second-order valence-electron chi connectivity index (χ2n) is 11.9. The first kappa shape index (κ1) is 26.5. The molecule has 4 aromatic heterocycles. The molecule has 0 aliphatic rings. The molecule has 0 radical (unpaired) electrons. The predicted octanol–water partition coefficient (Wildman–Crippen LogP) is 8.72. The number of para-hydroxylation sites is 1. The molecule has 224 valence electrons. The number of pyridine rings is 1. The molecule has 0 bridgehead atoms. The summed E-state index contributed by atoms with van der Waals surface area (Å²) in [5, 5.41) is 4.45. The third-order valence-corrected chi connectivity index (χ3v) is 9.12. The molecule has 0 atom stereocenters. The number of fused-ring (bicyclic) bond motifs is 6. The van der Waals surface area contributed by atoms with E-state index >= 15 is 0 Å². The molecule has 0 saturated carbocycles. The van der Waals surface area contributed by atoms with Crippen molar-refractivity contribution in [1.29, 1.82) is 0 Å². The maximum absolute atomic E-state index is 14.3. The Morgan fingerprint density at radius 2 is 1.00 bits per heavy atom. The Morgan fingerprint density at radius 3 is 1.65 bits per heavy atom. The van der Waals surface area contributed by atoms with Gasteiger partial charge in [0, 0.05) is 38.2 Å². The van der Waals surface area contributed by atoms with E-state index in [1.54, 1.807) is 4.40 Å². The highest BCUT2D eigenvalue weighted by Crippen LogP contribution is 2.41. The topological polar surface area (TPSA) is 78.0 Å². The predicted molar refractivity (Wildman–Crippen MR) is 192 cm³/mol. The van der Waals surface area contributed by atoms with E-state index in [1.807, 2.05) is 127 Å². The minimum Gasteiger partial charge on any atom is -0.277 e. The van der Waals surface area contributed by atoms with E-state index in [4.69, 9.17) is 19.9 Å². The fraction of sp³-hybridized carbons (Fsp3) is 0. The fourth-order valence-corrected chi connectivity index (χ4v) is 7.03. The molecule has 10 aromatic rings. The van der Waals surface area contributed by atoms with Crippen LogP contribution in [0, 0.1) is 0 Å². The van der Waals surface area contributed by atoms with Gasteiger partial charge in [-0.25, -0.2) is 9.97 Å². The van der Waals surface area contributed by atoms with Crippen molar-refractivity contribution in [2.45, 2.75) is 0 Å². The quantitative estimate of drug-likeness (QED) is 0.185. The van der Waals surface area contributed by atoms with E-state index in [1.165, 1.54) is 0 Å². The van der Waals surface area contributed by atoms with E-state index in [0.717, 1.165) is 60.3 Å². The summed E-state index contributed by atoms with van der Waals surface area (Å²) >= 11 is 0. The van der Waals surface area contributed by atoms with Gasteiger partial charge in [0.1, 0.15) is 5.82 Å². The summed E-state index contributed by atoms with van der Waals surface area (Å²) in [6.45, 7) is 0. The number of hydrogen-bond donors (Lipinski definition) is 0. The molecule has 0 N–H and O–H groups in total. The van der Waals surface area contributed by atoms with Crippen molar-refractivity contribution < 1.29 is 0 Å². The Balaban J connectivity index is 1.42. The molecule has 6 aromatic carbocycles. The van der Waals surface area contributed by atoms with Crippen LogP contribution in [0.2, 0.25) is 0 Å². The second-order valence-corrected chi connectivity index (χ2v) is 11.9. The summed E-state index contributed by atoms with van der Waals surface area (Å²) in [5.74, 6) is 2.26.